The first-order chi connectivity index (χ1) is 11.2. The Balaban J connectivity index is 4.63. The first kappa shape index (κ1) is 21.1. The topological polar surface area (TPSA) is 74.6 Å². The van der Waals surface area contributed by atoms with Gasteiger partial charge in [-0.15, -0.1) is 0 Å². The third-order valence-electron chi connectivity index (χ3n) is 2.91. The molecule has 128 valence electrons. The minimum atomic E-state index is -0.928. The van der Waals surface area contributed by atoms with Crippen molar-refractivity contribution in [2.24, 2.45) is 0 Å². The molecule has 0 fully saturated rings. The molecular weight excluding hydrogens is 304 g/mol. The number of hydrogen-bond acceptors (Lipinski definition) is 2. The Morgan fingerprint density at radius 2 is 0.917 bits per heavy atom. The second kappa shape index (κ2) is 11.7. The van der Waals surface area contributed by atoms with Gasteiger partial charge in [-0.3, -0.25) is 0 Å². The molecule has 0 aliphatic carbocycles. The van der Waals surface area contributed by atoms with Crippen molar-refractivity contribution in [2.45, 2.75) is 27.7 Å². The highest BCUT2D eigenvalue weighted by atomic mass is 16.4. The van der Waals surface area contributed by atoms with E-state index in [1.165, 1.54) is 0 Å². The Kier molecular flexibility index (Phi) is 10.3. The molecule has 0 rings (SSSR count). The molecule has 0 amide bonds. The molecule has 0 unspecified atom stereocenters. The molecule has 0 saturated heterocycles. The minimum Gasteiger partial charge on any atom is -0.478 e. The van der Waals surface area contributed by atoms with Gasteiger partial charge in [-0.1, -0.05) is 71.9 Å². The summed E-state index contributed by atoms with van der Waals surface area (Å²) < 4.78 is 0. The fourth-order valence-corrected chi connectivity index (χ4v) is 1.36. The molecule has 4 nitrogen and oxygen atoms in total. The molecular formula is C20H24O4. The van der Waals surface area contributed by atoms with Crippen LogP contribution in [0.4, 0.5) is 0 Å². The third-order valence-corrected chi connectivity index (χ3v) is 2.91. The van der Waals surface area contributed by atoms with Gasteiger partial charge in [0.15, 0.2) is 0 Å². The zero-order valence-electron chi connectivity index (χ0n) is 14.5. The van der Waals surface area contributed by atoms with Gasteiger partial charge in [-0.25, -0.2) is 9.59 Å². The van der Waals surface area contributed by atoms with Crippen LogP contribution in [0.25, 0.3) is 0 Å². The lowest BCUT2D eigenvalue weighted by Gasteiger charge is -1.90. The molecule has 0 bridgehead atoms. The average Bonchev–Trinajstić information content (AvgIpc) is 2.51. The van der Waals surface area contributed by atoms with E-state index < -0.39 is 11.9 Å². The molecule has 0 aromatic rings. The summed E-state index contributed by atoms with van der Waals surface area (Å²) in [4.78, 5) is 21.2. The van der Waals surface area contributed by atoms with E-state index in [4.69, 9.17) is 10.2 Å². The Morgan fingerprint density at radius 1 is 0.583 bits per heavy atom. The summed E-state index contributed by atoms with van der Waals surface area (Å²) in [6.07, 6.45) is 17.7. The Morgan fingerprint density at radius 3 is 1.21 bits per heavy atom. The van der Waals surface area contributed by atoms with Crippen LogP contribution in [0.1, 0.15) is 27.7 Å². The van der Waals surface area contributed by atoms with Crippen molar-refractivity contribution >= 4 is 11.9 Å². The largest absolute Gasteiger partial charge is 0.478 e. The number of aliphatic carboxylic acids is 2. The number of carbonyl (C=O) groups is 2. The van der Waals surface area contributed by atoms with Gasteiger partial charge >= 0.3 is 11.9 Å². The first-order valence-corrected chi connectivity index (χ1v) is 7.42. The molecule has 0 spiro atoms. The summed E-state index contributed by atoms with van der Waals surface area (Å²) in [5, 5.41) is 17.4. The minimum absolute atomic E-state index is 0.284. The highest BCUT2D eigenvalue weighted by molar-refractivity contribution is 5.86. The van der Waals surface area contributed by atoms with Crippen molar-refractivity contribution in [1.82, 2.24) is 0 Å². The van der Waals surface area contributed by atoms with E-state index in [2.05, 4.69) is 0 Å². The number of carboxylic acid groups (broad SMARTS) is 2. The van der Waals surface area contributed by atoms with Gasteiger partial charge < -0.3 is 10.2 Å². The van der Waals surface area contributed by atoms with Gasteiger partial charge in [0.2, 0.25) is 0 Å². The zero-order valence-corrected chi connectivity index (χ0v) is 14.5. The fraction of sp³-hybridized carbons (Fsp3) is 0.200. The van der Waals surface area contributed by atoms with Crippen LogP contribution in [0, 0.1) is 0 Å². The second-order valence-electron chi connectivity index (χ2n) is 5.23. The average molecular weight is 328 g/mol. The number of allylic oxidation sites excluding steroid dienone is 12. The van der Waals surface area contributed by atoms with Gasteiger partial charge in [-0.05, 0) is 27.7 Å². The van der Waals surface area contributed by atoms with E-state index in [0.29, 0.717) is 0 Å². The lowest BCUT2D eigenvalue weighted by molar-refractivity contribution is -0.133. The van der Waals surface area contributed by atoms with E-state index in [9.17, 15) is 9.59 Å². The Hall–Kier alpha value is -2.88. The Bertz CT molecular complexity index is 608. The number of rotatable bonds is 8. The maximum Gasteiger partial charge on any atom is 0.331 e. The summed E-state index contributed by atoms with van der Waals surface area (Å²) in [7, 11) is 0. The lowest BCUT2D eigenvalue weighted by atomic mass is 10.2. The molecule has 0 radical (unpaired) electrons. The molecule has 0 saturated carbocycles. The number of hydrogen-bond donors (Lipinski definition) is 2. The quantitative estimate of drug-likeness (QED) is 0.504. The van der Waals surface area contributed by atoms with Crippen molar-refractivity contribution in [3.05, 3.63) is 83.1 Å². The van der Waals surface area contributed by atoms with Crippen LogP contribution >= 0.6 is 0 Å². The van der Waals surface area contributed by atoms with Crippen molar-refractivity contribution in [1.29, 1.82) is 0 Å². The summed E-state index contributed by atoms with van der Waals surface area (Å²) >= 11 is 0. The normalized spacial score (nSPS) is 15.0. The molecule has 0 aromatic heterocycles. The summed E-state index contributed by atoms with van der Waals surface area (Å²) in [6, 6.07) is 0. The van der Waals surface area contributed by atoms with Crippen LogP contribution < -0.4 is 0 Å². The highest BCUT2D eigenvalue weighted by Gasteiger charge is 1.96. The third kappa shape index (κ3) is 10.8. The smallest absolute Gasteiger partial charge is 0.331 e. The van der Waals surface area contributed by atoms with Crippen molar-refractivity contribution in [2.75, 3.05) is 0 Å². The van der Waals surface area contributed by atoms with Crippen LogP contribution in [-0.2, 0) is 9.59 Å². The first-order valence-electron chi connectivity index (χ1n) is 7.42. The van der Waals surface area contributed by atoms with Crippen molar-refractivity contribution in [3.63, 3.8) is 0 Å². The van der Waals surface area contributed by atoms with Crippen LogP contribution in [-0.4, -0.2) is 22.2 Å². The monoisotopic (exact) mass is 328 g/mol. The standard InChI is InChI=1S/C20H24O4/c1-15(11-7-13-17(3)19(21)22)9-5-6-10-16(2)12-8-14-18(4)20(23)24/h5-14H,1-4H3,(H,21,22)(H,23,24)/b6-5+,11-7+,12-8+,15-9-,16-10+,17-13-,18-14-. The van der Waals surface area contributed by atoms with E-state index in [-0.39, 0.29) is 11.1 Å². The Labute approximate surface area is 143 Å². The van der Waals surface area contributed by atoms with E-state index in [1.54, 1.807) is 38.2 Å². The molecule has 0 aromatic carbocycles. The zero-order chi connectivity index (χ0) is 18.5. The SMILES string of the molecule is CC(=C/C=C/C=C(C)/C=C/C=C(/C)C(=O)O)/C=C/C=C(/C)C(=O)O. The maximum atomic E-state index is 10.6. The van der Waals surface area contributed by atoms with E-state index >= 15 is 0 Å². The highest BCUT2D eigenvalue weighted by Crippen LogP contribution is 2.01. The van der Waals surface area contributed by atoms with Gasteiger partial charge in [0.05, 0.1) is 0 Å². The summed E-state index contributed by atoms with van der Waals surface area (Å²) in [6.45, 7) is 6.92. The predicted octanol–water partition coefficient (Wildman–Crippen LogP) is 4.61. The number of carboxylic acids is 2. The van der Waals surface area contributed by atoms with Crippen LogP contribution in [0.3, 0.4) is 0 Å². The molecule has 0 heterocycles. The molecule has 0 atom stereocenters. The van der Waals surface area contributed by atoms with E-state index in [0.717, 1.165) is 11.1 Å². The summed E-state index contributed by atoms with van der Waals surface area (Å²) in [5.74, 6) is -1.86. The summed E-state index contributed by atoms with van der Waals surface area (Å²) in [5.41, 5.74) is 2.55. The maximum absolute atomic E-state index is 10.6. The fourth-order valence-electron chi connectivity index (χ4n) is 1.36. The van der Waals surface area contributed by atoms with Crippen LogP contribution in [0.15, 0.2) is 83.1 Å². The van der Waals surface area contributed by atoms with Gasteiger partial charge in [0.1, 0.15) is 0 Å². The van der Waals surface area contributed by atoms with E-state index in [1.807, 2.05) is 50.3 Å². The second-order valence-corrected chi connectivity index (χ2v) is 5.23. The van der Waals surface area contributed by atoms with Gasteiger partial charge in [0, 0.05) is 11.1 Å². The van der Waals surface area contributed by atoms with Gasteiger partial charge in [0.25, 0.3) is 0 Å². The van der Waals surface area contributed by atoms with Gasteiger partial charge in [-0.2, -0.15) is 0 Å². The molecule has 0 aliphatic heterocycles. The molecule has 0 aliphatic rings. The van der Waals surface area contributed by atoms with Crippen molar-refractivity contribution < 1.29 is 19.8 Å². The van der Waals surface area contributed by atoms with Crippen LogP contribution in [0.5, 0.6) is 0 Å². The van der Waals surface area contributed by atoms with Crippen LogP contribution in [0.2, 0.25) is 0 Å². The molecule has 24 heavy (non-hydrogen) atoms. The van der Waals surface area contributed by atoms with Crippen molar-refractivity contribution in [3.8, 4) is 0 Å². The lowest BCUT2D eigenvalue weighted by Crippen LogP contribution is -1.94. The predicted molar refractivity (Wildman–Crippen MR) is 97.7 cm³/mol. The molecule has 2 N–H and O–H groups in total. The molecule has 4 heteroatoms.